The van der Waals surface area contributed by atoms with E-state index in [2.05, 4.69) is 51.3 Å². The van der Waals surface area contributed by atoms with Crippen LogP contribution in [0, 0.1) is 13.8 Å². The Balaban J connectivity index is 0.000000596. The number of rotatable bonds is 47. The number of hydrogen-bond acceptors (Lipinski definition) is 6. The Labute approximate surface area is 490 Å². The van der Waals surface area contributed by atoms with E-state index in [0.29, 0.717) is 10.6 Å². The fourth-order valence-corrected chi connectivity index (χ4v) is 14.2. The van der Waals surface area contributed by atoms with Crippen LogP contribution in [0.5, 0.6) is 0 Å². The van der Waals surface area contributed by atoms with E-state index in [-0.39, 0.29) is 9.79 Å². The van der Waals surface area contributed by atoms with Gasteiger partial charge in [-0.2, -0.15) is 16.8 Å². The first-order valence-corrected chi connectivity index (χ1v) is 36.9. The van der Waals surface area contributed by atoms with Crippen molar-refractivity contribution in [2.24, 2.45) is 0 Å². The van der Waals surface area contributed by atoms with E-state index in [0.717, 1.165) is 16.4 Å². The van der Waals surface area contributed by atoms with Gasteiger partial charge in [0.15, 0.2) is 0 Å². The van der Waals surface area contributed by atoms with Crippen LogP contribution in [0.3, 0.4) is 0 Å². The van der Waals surface area contributed by atoms with E-state index in [1.165, 1.54) is 295 Å². The van der Waals surface area contributed by atoms with Gasteiger partial charge in [-0.25, -0.2) is 0 Å². The van der Waals surface area contributed by atoms with Crippen molar-refractivity contribution >= 4 is 44.1 Å². The monoisotopic (exact) mass is 1160 g/mol. The van der Waals surface area contributed by atoms with Crippen LogP contribution in [0.4, 0.5) is 0 Å². The van der Waals surface area contributed by atoms with Crippen LogP contribution >= 0.6 is 7.92 Å². The molecule has 0 aliphatic heterocycles. The Bertz CT molecular complexity index is 1900. The van der Waals surface area contributed by atoms with Crippen LogP contribution < -0.4 is 15.9 Å². The van der Waals surface area contributed by atoms with Gasteiger partial charge in [-0.15, -0.1) is 0 Å². The smallest absolute Gasteiger partial charge is 0.294 e. The van der Waals surface area contributed by atoms with Gasteiger partial charge in [-0.1, -0.05) is 277 Å². The van der Waals surface area contributed by atoms with Gasteiger partial charge in [0.05, 0.1) is 9.79 Å². The van der Waals surface area contributed by atoms with Crippen LogP contribution in [0.1, 0.15) is 284 Å². The van der Waals surface area contributed by atoms with E-state index in [1.807, 2.05) is 44.2 Å². The lowest BCUT2D eigenvalue weighted by atomic mass is 10.1. The van der Waals surface area contributed by atoms with Crippen LogP contribution in [0.15, 0.2) is 76.5 Å². The van der Waals surface area contributed by atoms with Gasteiger partial charge >= 0.3 is 0 Å². The average Bonchev–Trinajstić information content (AvgIpc) is 3.46. The number of nitrogens with zero attached hydrogens (tertiary/aromatic N) is 2. The Hall–Kier alpha value is -2.17. The molecule has 0 saturated carbocycles. The Morgan fingerprint density at radius 3 is 0.785 bits per heavy atom. The maximum absolute atomic E-state index is 11.7. The molecule has 2 N–H and O–H groups in total. The second kappa shape index (κ2) is 49.3. The van der Waals surface area contributed by atoms with Crippen molar-refractivity contribution in [1.29, 1.82) is 0 Å². The number of benzene rings is 3. The van der Waals surface area contributed by atoms with E-state index in [9.17, 15) is 25.9 Å². The summed E-state index contributed by atoms with van der Waals surface area (Å²) in [6.07, 6.45) is 51.4. The maximum Gasteiger partial charge on any atom is 0.294 e. The van der Waals surface area contributed by atoms with Crippen molar-refractivity contribution in [3.8, 4) is 0 Å². The first-order valence-electron chi connectivity index (χ1n) is 32.6. The molecule has 0 amide bonds. The van der Waals surface area contributed by atoms with E-state index >= 15 is 0 Å². The van der Waals surface area contributed by atoms with Crippen molar-refractivity contribution in [3.63, 3.8) is 0 Å². The third-order valence-electron chi connectivity index (χ3n) is 15.4. The Morgan fingerprint density at radius 2 is 0.557 bits per heavy atom. The van der Waals surface area contributed by atoms with Gasteiger partial charge in [0, 0.05) is 0 Å². The fourth-order valence-electron chi connectivity index (χ4n) is 10.3. The molecule has 456 valence electrons. The topological polar surface area (TPSA) is 115 Å². The van der Waals surface area contributed by atoms with E-state index in [4.69, 9.17) is 0 Å². The molecule has 0 aliphatic rings. The highest BCUT2D eigenvalue weighted by Crippen LogP contribution is 2.37. The summed E-state index contributed by atoms with van der Waals surface area (Å²) in [4.78, 5) is 5.12. The van der Waals surface area contributed by atoms with Crippen LogP contribution in [0.2, 0.25) is 0 Å². The normalized spacial score (nSPS) is 11.8. The summed E-state index contributed by atoms with van der Waals surface area (Å²) in [6.45, 7) is 25.6. The highest BCUT2D eigenvalue weighted by atomic mass is 32.2. The summed E-state index contributed by atoms with van der Waals surface area (Å²) in [5.74, 6) is 0. The molecule has 3 aromatic carbocycles. The van der Waals surface area contributed by atoms with Gasteiger partial charge in [-0.05, 0) is 151 Å². The summed E-state index contributed by atoms with van der Waals surface area (Å²) < 4.78 is 65.8. The van der Waals surface area contributed by atoms with Gasteiger partial charge in [-0.3, -0.25) is 9.11 Å². The molecular weight excluding hydrogens is 1040 g/mol. The minimum Gasteiger partial charge on any atom is -0.303 e. The van der Waals surface area contributed by atoms with Crippen molar-refractivity contribution in [3.05, 3.63) is 77.9 Å². The zero-order valence-corrected chi connectivity index (χ0v) is 54.8. The molecule has 0 saturated heterocycles. The number of unbranched alkanes of at least 4 members (excludes halogenated alkanes) is 30. The third kappa shape index (κ3) is 38.3. The fraction of sp³-hybridized carbons (Fsp3) is 0.735. The van der Waals surface area contributed by atoms with E-state index in [1.54, 1.807) is 12.1 Å². The molecular formula is C68H121N2O6PS2. The van der Waals surface area contributed by atoms with Gasteiger partial charge in [0.2, 0.25) is 0 Å². The molecule has 3 rings (SSSR count). The van der Waals surface area contributed by atoms with Crippen molar-refractivity contribution in [2.75, 3.05) is 39.3 Å². The Kier molecular flexibility index (Phi) is 46.7. The number of aryl methyl sites for hydroxylation is 2. The van der Waals surface area contributed by atoms with Gasteiger partial charge in [0.1, 0.15) is 0 Å². The van der Waals surface area contributed by atoms with Crippen molar-refractivity contribution in [2.45, 2.75) is 296 Å². The second-order valence-corrected chi connectivity index (χ2v) is 27.8. The van der Waals surface area contributed by atoms with Crippen molar-refractivity contribution < 1.29 is 25.9 Å². The van der Waals surface area contributed by atoms with E-state index < -0.39 is 28.2 Å². The molecule has 3 aromatic rings. The Morgan fingerprint density at radius 1 is 0.329 bits per heavy atom. The molecule has 0 aromatic heterocycles. The summed E-state index contributed by atoms with van der Waals surface area (Å²) in [6, 6.07) is 18.0. The SMILES string of the molecule is CCCCCCCCN(CCCCCCCC)CCCCCCCC.CCCCCCCCN(CCCCCCCC)CCCCCCCC.Cc1ccc(S(=O)(=O)O)cc1P(c1ccccc1)c1cc(S(=O)(=O)O)ccc1C. The molecule has 79 heavy (non-hydrogen) atoms. The number of hydrogen-bond donors (Lipinski definition) is 2. The molecule has 0 fully saturated rings. The molecule has 11 heteroatoms. The predicted molar refractivity (Wildman–Crippen MR) is 347 cm³/mol. The lowest BCUT2D eigenvalue weighted by Crippen LogP contribution is -2.27. The molecule has 0 atom stereocenters. The molecule has 0 bridgehead atoms. The van der Waals surface area contributed by atoms with Crippen LogP contribution in [-0.2, 0) is 20.2 Å². The molecule has 0 aliphatic carbocycles. The first-order chi connectivity index (χ1) is 38.2. The molecule has 0 unspecified atom stereocenters. The van der Waals surface area contributed by atoms with Gasteiger partial charge in [0.25, 0.3) is 20.2 Å². The standard InChI is InChI=1S/2C24H51N.C20H19O6PS2/c2*1-4-7-10-13-16-19-22-25(23-20-17-14-11-8-5-2)24-21-18-15-12-9-6-3;1-14-8-10-17(28(21,22)23)12-19(14)27(16-6-4-3-5-7-16)20-13-18(29(24,25)26)11-9-15(20)2/h2*4-24H2,1-3H3;3-13H,1-2H3,(H,21,22,23)(H,24,25,26). The van der Waals surface area contributed by atoms with Gasteiger partial charge < -0.3 is 9.80 Å². The lowest BCUT2D eigenvalue weighted by molar-refractivity contribution is 0.254. The summed E-state index contributed by atoms with van der Waals surface area (Å²) in [5, 5.41) is 2.20. The molecule has 0 heterocycles. The minimum absolute atomic E-state index is 0.231. The first kappa shape index (κ1) is 74.8. The highest BCUT2D eigenvalue weighted by Gasteiger charge is 2.24. The quantitative estimate of drug-likeness (QED) is 0.0326. The predicted octanol–water partition coefficient (Wildman–Crippen LogP) is 19.3. The largest absolute Gasteiger partial charge is 0.303 e. The third-order valence-corrected chi connectivity index (χ3v) is 19.9. The molecule has 0 spiro atoms. The lowest BCUT2D eigenvalue weighted by Gasteiger charge is -2.24. The summed E-state index contributed by atoms with van der Waals surface area (Å²) in [5.41, 5.74) is 1.59. The van der Waals surface area contributed by atoms with Crippen LogP contribution in [-0.4, -0.2) is 75.0 Å². The van der Waals surface area contributed by atoms with Crippen molar-refractivity contribution in [1.82, 2.24) is 9.80 Å². The summed E-state index contributed by atoms with van der Waals surface area (Å²) >= 11 is 0. The maximum atomic E-state index is 11.7. The molecule has 8 nitrogen and oxygen atoms in total. The average molecular weight is 1160 g/mol. The minimum atomic E-state index is -4.41. The second-order valence-electron chi connectivity index (χ2n) is 22.8. The van der Waals surface area contributed by atoms with Crippen LogP contribution in [0.25, 0.3) is 0 Å². The highest BCUT2D eigenvalue weighted by molar-refractivity contribution is 7.86. The summed E-state index contributed by atoms with van der Waals surface area (Å²) in [7, 11) is -10.2. The zero-order chi connectivity index (χ0) is 58.3. The molecule has 0 radical (unpaired) electrons. The zero-order valence-electron chi connectivity index (χ0n) is 52.2.